The zero-order chi connectivity index (χ0) is 18.5. The summed E-state index contributed by atoms with van der Waals surface area (Å²) in [6, 6.07) is 14.5. The number of carbonyl (C=O) groups excluding carboxylic acids is 2. The van der Waals surface area contributed by atoms with Gasteiger partial charge < -0.3 is 14.5 Å². The SMILES string of the molecule is CCOC(=O)N1CCC[C@@H](C(=O)N(C)Cc2ccc3ccccc3c2)C1. The smallest absolute Gasteiger partial charge is 0.409 e. The summed E-state index contributed by atoms with van der Waals surface area (Å²) >= 11 is 0. The molecule has 0 aliphatic carbocycles. The van der Waals surface area contributed by atoms with E-state index in [1.807, 2.05) is 19.2 Å². The largest absolute Gasteiger partial charge is 0.450 e. The zero-order valence-electron chi connectivity index (χ0n) is 15.5. The minimum absolute atomic E-state index is 0.0900. The van der Waals surface area contributed by atoms with Crippen molar-refractivity contribution in [1.29, 1.82) is 0 Å². The summed E-state index contributed by atoms with van der Waals surface area (Å²) in [6.07, 6.45) is 1.33. The van der Waals surface area contributed by atoms with E-state index in [9.17, 15) is 9.59 Å². The lowest BCUT2D eigenvalue weighted by Crippen LogP contribution is -2.45. The molecule has 1 saturated heterocycles. The topological polar surface area (TPSA) is 49.9 Å². The number of ether oxygens (including phenoxy) is 1. The van der Waals surface area contributed by atoms with Gasteiger partial charge in [0.15, 0.2) is 0 Å². The van der Waals surface area contributed by atoms with E-state index in [0.29, 0.717) is 26.2 Å². The van der Waals surface area contributed by atoms with Crippen LogP contribution in [0.4, 0.5) is 4.79 Å². The predicted octanol–water partition coefficient (Wildman–Crippen LogP) is 3.67. The first-order valence-electron chi connectivity index (χ1n) is 9.23. The number of hydrogen-bond donors (Lipinski definition) is 0. The summed E-state index contributed by atoms with van der Waals surface area (Å²) in [5.41, 5.74) is 1.11. The van der Waals surface area contributed by atoms with E-state index in [1.54, 1.807) is 16.7 Å². The lowest BCUT2D eigenvalue weighted by molar-refractivity contribution is -0.136. The summed E-state index contributed by atoms with van der Waals surface area (Å²) in [4.78, 5) is 28.2. The van der Waals surface area contributed by atoms with E-state index in [1.165, 1.54) is 10.8 Å². The van der Waals surface area contributed by atoms with Gasteiger partial charge in [0.05, 0.1) is 12.5 Å². The third kappa shape index (κ3) is 4.15. The van der Waals surface area contributed by atoms with Gasteiger partial charge in [0.2, 0.25) is 5.91 Å². The molecule has 2 aromatic carbocycles. The first-order valence-corrected chi connectivity index (χ1v) is 9.23. The van der Waals surface area contributed by atoms with Crippen molar-refractivity contribution in [2.45, 2.75) is 26.3 Å². The van der Waals surface area contributed by atoms with Crippen LogP contribution in [-0.2, 0) is 16.1 Å². The van der Waals surface area contributed by atoms with Crippen molar-refractivity contribution in [2.24, 2.45) is 5.92 Å². The molecule has 0 bridgehead atoms. The Bertz CT molecular complexity index is 790. The molecule has 5 heteroatoms. The highest BCUT2D eigenvalue weighted by atomic mass is 16.6. The predicted molar refractivity (Wildman–Crippen MR) is 102 cm³/mol. The molecule has 1 aliphatic rings. The van der Waals surface area contributed by atoms with Crippen LogP contribution in [0.3, 0.4) is 0 Å². The van der Waals surface area contributed by atoms with Crippen molar-refractivity contribution < 1.29 is 14.3 Å². The molecule has 0 spiro atoms. The van der Waals surface area contributed by atoms with Crippen molar-refractivity contribution in [3.05, 3.63) is 48.0 Å². The van der Waals surface area contributed by atoms with Crippen LogP contribution in [0.5, 0.6) is 0 Å². The molecule has 0 unspecified atom stereocenters. The Kier molecular flexibility index (Phi) is 5.76. The van der Waals surface area contributed by atoms with Crippen LogP contribution >= 0.6 is 0 Å². The average Bonchev–Trinajstić information content (AvgIpc) is 2.67. The molecule has 0 radical (unpaired) electrons. The van der Waals surface area contributed by atoms with E-state index in [0.717, 1.165) is 18.4 Å². The second-order valence-corrected chi connectivity index (χ2v) is 6.86. The lowest BCUT2D eigenvalue weighted by atomic mass is 9.96. The Balaban J connectivity index is 1.63. The van der Waals surface area contributed by atoms with Crippen LogP contribution in [-0.4, -0.2) is 48.5 Å². The molecule has 0 aromatic heterocycles. The van der Waals surface area contributed by atoms with Gasteiger partial charge in [0, 0.05) is 26.7 Å². The number of carbonyl (C=O) groups is 2. The van der Waals surface area contributed by atoms with E-state index in [-0.39, 0.29) is 17.9 Å². The van der Waals surface area contributed by atoms with Crippen molar-refractivity contribution in [1.82, 2.24) is 9.80 Å². The van der Waals surface area contributed by atoms with Gasteiger partial charge >= 0.3 is 6.09 Å². The maximum absolute atomic E-state index is 12.8. The summed E-state index contributed by atoms with van der Waals surface area (Å²) in [6.45, 7) is 3.83. The van der Waals surface area contributed by atoms with Gasteiger partial charge in [-0.2, -0.15) is 0 Å². The second kappa shape index (κ2) is 8.21. The highest BCUT2D eigenvalue weighted by molar-refractivity contribution is 5.83. The first kappa shape index (κ1) is 18.2. The number of piperidine rings is 1. The van der Waals surface area contributed by atoms with Crippen LogP contribution in [0.1, 0.15) is 25.3 Å². The lowest BCUT2D eigenvalue weighted by Gasteiger charge is -2.33. The number of hydrogen-bond acceptors (Lipinski definition) is 3. The van der Waals surface area contributed by atoms with Gasteiger partial charge in [0.1, 0.15) is 0 Å². The Morgan fingerprint density at radius 3 is 2.73 bits per heavy atom. The highest BCUT2D eigenvalue weighted by Crippen LogP contribution is 2.21. The number of benzene rings is 2. The van der Waals surface area contributed by atoms with E-state index < -0.39 is 0 Å². The molecule has 1 atom stereocenters. The molecular weight excluding hydrogens is 328 g/mol. The van der Waals surface area contributed by atoms with E-state index in [4.69, 9.17) is 4.74 Å². The van der Waals surface area contributed by atoms with Crippen molar-refractivity contribution in [3.8, 4) is 0 Å². The van der Waals surface area contributed by atoms with Gasteiger partial charge in [-0.1, -0.05) is 36.4 Å². The zero-order valence-corrected chi connectivity index (χ0v) is 15.5. The van der Waals surface area contributed by atoms with Crippen LogP contribution in [0.15, 0.2) is 42.5 Å². The Morgan fingerprint density at radius 1 is 1.19 bits per heavy atom. The number of fused-ring (bicyclic) bond motifs is 1. The summed E-state index contributed by atoms with van der Waals surface area (Å²) < 4.78 is 5.07. The van der Waals surface area contributed by atoms with Crippen LogP contribution in [0, 0.1) is 5.92 Å². The van der Waals surface area contributed by atoms with Crippen molar-refractivity contribution in [2.75, 3.05) is 26.7 Å². The molecular formula is C21H26N2O3. The average molecular weight is 354 g/mol. The van der Waals surface area contributed by atoms with Crippen LogP contribution in [0.2, 0.25) is 0 Å². The third-order valence-corrected chi connectivity index (χ3v) is 4.91. The second-order valence-electron chi connectivity index (χ2n) is 6.86. The molecule has 5 nitrogen and oxygen atoms in total. The molecule has 1 heterocycles. The van der Waals surface area contributed by atoms with Gasteiger partial charge in [-0.05, 0) is 42.2 Å². The fourth-order valence-corrected chi connectivity index (χ4v) is 3.56. The molecule has 138 valence electrons. The quantitative estimate of drug-likeness (QED) is 0.842. The van der Waals surface area contributed by atoms with Crippen molar-refractivity contribution >= 4 is 22.8 Å². The highest BCUT2D eigenvalue weighted by Gasteiger charge is 2.30. The number of likely N-dealkylation sites (tertiary alicyclic amines) is 1. The van der Waals surface area contributed by atoms with Crippen LogP contribution < -0.4 is 0 Å². The summed E-state index contributed by atoms with van der Waals surface area (Å²) in [5.74, 6) is -0.0641. The number of nitrogens with zero attached hydrogens (tertiary/aromatic N) is 2. The normalized spacial score (nSPS) is 17.2. The molecule has 2 aromatic rings. The van der Waals surface area contributed by atoms with E-state index in [2.05, 4.69) is 30.3 Å². The van der Waals surface area contributed by atoms with Crippen molar-refractivity contribution in [3.63, 3.8) is 0 Å². The maximum Gasteiger partial charge on any atom is 0.409 e. The Labute approximate surface area is 154 Å². The Hall–Kier alpha value is -2.56. The summed E-state index contributed by atoms with van der Waals surface area (Å²) in [5, 5.41) is 2.37. The first-order chi connectivity index (χ1) is 12.6. The Morgan fingerprint density at radius 2 is 1.96 bits per heavy atom. The number of amides is 2. The molecule has 1 aliphatic heterocycles. The molecule has 0 N–H and O–H groups in total. The molecule has 26 heavy (non-hydrogen) atoms. The minimum atomic E-state index is -0.317. The molecule has 3 rings (SSSR count). The maximum atomic E-state index is 12.8. The number of rotatable bonds is 4. The fourth-order valence-electron chi connectivity index (χ4n) is 3.56. The molecule has 0 saturated carbocycles. The third-order valence-electron chi connectivity index (χ3n) is 4.91. The monoisotopic (exact) mass is 354 g/mol. The van der Waals surface area contributed by atoms with Gasteiger partial charge in [-0.15, -0.1) is 0 Å². The van der Waals surface area contributed by atoms with Crippen LogP contribution in [0.25, 0.3) is 10.8 Å². The standard InChI is InChI=1S/C21H26N2O3/c1-3-26-21(25)23-12-6-9-19(15-23)20(24)22(2)14-16-10-11-17-7-4-5-8-18(17)13-16/h4-5,7-8,10-11,13,19H,3,6,9,12,14-15H2,1-2H3/t19-/m1/s1. The summed E-state index contributed by atoms with van der Waals surface area (Å²) in [7, 11) is 1.83. The minimum Gasteiger partial charge on any atom is -0.450 e. The molecule has 2 amide bonds. The fraction of sp³-hybridized carbons (Fsp3) is 0.429. The van der Waals surface area contributed by atoms with Gasteiger partial charge in [0.25, 0.3) is 0 Å². The van der Waals surface area contributed by atoms with E-state index >= 15 is 0 Å². The van der Waals surface area contributed by atoms with Gasteiger partial charge in [-0.25, -0.2) is 4.79 Å². The van der Waals surface area contributed by atoms with Gasteiger partial charge in [-0.3, -0.25) is 4.79 Å². The molecule has 1 fully saturated rings.